The monoisotopic (exact) mass is 272 g/mol. The molecule has 0 radical (unpaired) electrons. The first kappa shape index (κ1) is 16.3. The van der Waals surface area contributed by atoms with E-state index >= 15 is 0 Å². The molecule has 0 atom stereocenters. The molecule has 0 bridgehead atoms. The van der Waals surface area contributed by atoms with E-state index in [1.165, 1.54) is 29.5 Å². The third kappa shape index (κ3) is 4.10. The van der Waals surface area contributed by atoms with E-state index in [-0.39, 0.29) is 5.48 Å². The van der Waals surface area contributed by atoms with E-state index in [9.17, 15) is 0 Å². The molecule has 2 heteroatoms. The fourth-order valence-corrected chi connectivity index (χ4v) is 2.07. The molecule has 2 aromatic carbocycles. The van der Waals surface area contributed by atoms with Crippen LogP contribution in [0.25, 0.3) is 0 Å². The summed E-state index contributed by atoms with van der Waals surface area (Å²) in [6.07, 6.45) is 3.64. The summed E-state index contributed by atoms with van der Waals surface area (Å²) in [6, 6.07) is 14.6. The van der Waals surface area contributed by atoms with Crippen molar-refractivity contribution in [3.8, 4) is 11.5 Å². The number of unbranched alkanes of at least 4 members (excludes halogenated alkanes) is 1. The second-order valence-corrected chi connectivity index (χ2v) is 5.05. The van der Waals surface area contributed by atoms with Gasteiger partial charge in [-0.15, -0.1) is 0 Å². The number of hydrogen-bond donors (Lipinski definition) is 0. The van der Waals surface area contributed by atoms with Crippen molar-refractivity contribution in [3.05, 3.63) is 59.2 Å². The second-order valence-electron chi connectivity index (χ2n) is 5.05. The molecular formula is C18H24O2. The van der Waals surface area contributed by atoms with Crippen LogP contribution in [0.4, 0.5) is 0 Å². The Kier molecular flexibility index (Phi) is 6.26. The van der Waals surface area contributed by atoms with Crippen molar-refractivity contribution in [2.45, 2.75) is 40.0 Å². The van der Waals surface area contributed by atoms with Gasteiger partial charge in [-0.3, -0.25) is 0 Å². The van der Waals surface area contributed by atoms with Crippen LogP contribution in [0.15, 0.2) is 42.5 Å². The quantitative estimate of drug-likeness (QED) is 0.783. The zero-order valence-corrected chi connectivity index (χ0v) is 12.6. The minimum atomic E-state index is 0. The van der Waals surface area contributed by atoms with Crippen LogP contribution in [0, 0.1) is 13.8 Å². The highest BCUT2D eigenvalue weighted by Crippen LogP contribution is 2.27. The van der Waals surface area contributed by atoms with Gasteiger partial charge in [0.05, 0.1) is 0 Å². The molecule has 0 saturated carbocycles. The topological polar surface area (TPSA) is 40.7 Å². The van der Waals surface area contributed by atoms with Crippen molar-refractivity contribution in [1.29, 1.82) is 0 Å². The van der Waals surface area contributed by atoms with Gasteiger partial charge in [-0.25, -0.2) is 0 Å². The van der Waals surface area contributed by atoms with Crippen LogP contribution in [0.3, 0.4) is 0 Å². The zero-order valence-electron chi connectivity index (χ0n) is 12.6. The van der Waals surface area contributed by atoms with Gasteiger partial charge in [0, 0.05) is 0 Å². The predicted molar refractivity (Wildman–Crippen MR) is 84.7 cm³/mol. The standard InChI is InChI=1S/C18H22O.H2O/c1-4-5-8-16-10-12-17(13-11-16)19-18-9-6-7-14(2)15(18)3;/h6-7,9-13H,4-5,8H2,1-3H3;1H2. The molecule has 0 heterocycles. The molecule has 0 fully saturated rings. The van der Waals surface area contributed by atoms with Crippen molar-refractivity contribution >= 4 is 0 Å². The Morgan fingerprint density at radius 2 is 1.65 bits per heavy atom. The average molecular weight is 272 g/mol. The van der Waals surface area contributed by atoms with Crippen molar-refractivity contribution in [2.75, 3.05) is 0 Å². The minimum absolute atomic E-state index is 0. The number of benzene rings is 2. The van der Waals surface area contributed by atoms with Gasteiger partial charge in [0.15, 0.2) is 0 Å². The van der Waals surface area contributed by atoms with Gasteiger partial charge < -0.3 is 10.2 Å². The van der Waals surface area contributed by atoms with Crippen LogP contribution < -0.4 is 4.74 Å². The Morgan fingerprint density at radius 1 is 0.950 bits per heavy atom. The molecule has 0 saturated heterocycles. The molecule has 20 heavy (non-hydrogen) atoms. The molecule has 0 aromatic heterocycles. The van der Waals surface area contributed by atoms with Gasteiger partial charge in [-0.05, 0) is 61.6 Å². The van der Waals surface area contributed by atoms with E-state index in [1.807, 2.05) is 12.1 Å². The summed E-state index contributed by atoms with van der Waals surface area (Å²) in [5.74, 6) is 1.86. The van der Waals surface area contributed by atoms with Gasteiger partial charge in [-0.2, -0.15) is 0 Å². The number of aryl methyl sites for hydroxylation is 2. The Balaban J connectivity index is 0.00000200. The molecule has 2 aromatic rings. The molecule has 0 amide bonds. The summed E-state index contributed by atoms with van der Waals surface area (Å²) < 4.78 is 5.95. The number of rotatable bonds is 5. The van der Waals surface area contributed by atoms with Gasteiger partial charge in [0.25, 0.3) is 0 Å². The van der Waals surface area contributed by atoms with Crippen LogP contribution in [0.2, 0.25) is 0 Å². The summed E-state index contributed by atoms with van der Waals surface area (Å²) in [5, 5.41) is 0. The Hall–Kier alpha value is -1.80. The van der Waals surface area contributed by atoms with E-state index in [1.54, 1.807) is 0 Å². The lowest BCUT2D eigenvalue weighted by molar-refractivity contribution is 0.478. The first-order valence-corrected chi connectivity index (χ1v) is 7.03. The molecule has 0 spiro atoms. The van der Waals surface area contributed by atoms with Gasteiger partial charge in [0.1, 0.15) is 11.5 Å². The average Bonchev–Trinajstić information content (AvgIpc) is 2.43. The van der Waals surface area contributed by atoms with E-state index < -0.39 is 0 Å². The summed E-state index contributed by atoms with van der Waals surface area (Å²) in [4.78, 5) is 0. The highest BCUT2D eigenvalue weighted by atomic mass is 16.5. The summed E-state index contributed by atoms with van der Waals surface area (Å²) in [5.41, 5.74) is 3.85. The van der Waals surface area contributed by atoms with Crippen LogP contribution in [-0.4, -0.2) is 5.48 Å². The van der Waals surface area contributed by atoms with Gasteiger partial charge >= 0.3 is 0 Å². The van der Waals surface area contributed by atoms with Crippen LogP contribution in [-0.2, 0) is 6.42 Å². The summed E-state index contributed by atoms with van der Waals surface area (Å²) in [7, 11) is 0. The normalized spacial score (nSPS) is 9.95. The second kappa shape index (κ2) is 7.71. The van der Waals surface area contributed by atoms with Crippen LogP contribution >= 0.6 is 0 Å². The fourth-order valence-electron chi connectivity index (χ4n) is 2.07. The molecule has 0 aliphatic heterocycles. The third-order valence-corrected chi connectivity index (χ3v) is 3.53. The van der Waals surface area contributed by atoms with E-state index in [0.717, 1.165) is 17.9 Å². The van der Waals surface area contributed by atoms with Crippen molar-refractivity contribution in [1.82, 2.24) is 0 Å². The highest BCUT2D eigenvalue weighted by molar-refractivity contribution is 5.41. The lowest BCUT2D eigenvalue weighted by Crippen LogP contribution is -1.90. The molecule has 108 valence electrons. The van der Waals surface area contributed by atoms with Crippen molar-refractivity contribution < 1.29 is 10.2 Å². The van der Waals surface area contributed by atoms with E-state index in [0.29, 0.717) is 0 Å². The molecule has 0 aliphatic carbocycles. The van der Waals surface area contributed by atoms with Gasteiger partial charge in [-0.1, -0.05) is 37.6 Å². The maximum absolute atomic E-state index is 5.95. The van der Waals surface area contributed by atoms with Crippen molar-refractivity contribution in [3.63, 3.8) is 0 Å². The van der Waals surface area contributed by atoms with Crippen molar-refractivity contribution in [2.24, 2.45) is 0 Å². The first-order chi connectivity index (χ1) is 9.20. The maximum Gasteiger partial charge on any atom is 0.130 e. The fraction of sp³-hybridized carbons (Fsp3) is 0.333. The highest BCUT2D eigenvalue weighted by Gasteiger charge is 2.03. The molecule has 2 N–H and O–H groups in total. The lowest BCUT2D eigenvalue weighted by Gasteiger charge is -2.11. The predicted octanol–water partition coefficient (Wildman–Crippen LogP) is 4.61. The lowest BCUT2D eigenvalue weighted by atomic mass is 10.1. The molecule has 2 nitrogen and oxygen atoms in total. The molecular weight excluding hydrogens is 248 g/mol. The van der Waals surface area contributed by atoms with E-state index in [2.05, 4.69) is 51.1 Å². The first-order valence-electron chi connectivity index (χ1n) is 7.03. The molecule has 0 unspecified atom stereocenters. The zero-order chi connectivity index (χ0) is 13.7. The number of ether oxygens (including phenoxy) is 1. The smallest absolute Gasteiger partial charge is 0.130 e. The third-order valence-electron chi connectivity index (χ3n) is 3.53. The summed E-state index contributed by atoms with van der Waals surface area (Å²) in [6.45, 7) is 6.42. The largest absolute Gasteiger partial charge is 0.457 e. The van der Waals surface area contributed by atoms with Crippen LogP contribution in [0.5, 0.6) is 11.5 Å². The Labute approximate surface area is 121 Å². The van der Waals surface area contributed by atoms with Crippen LogP contribution in [0.1, 0.15) is 36.5 Å². The SMILES string of the molecule is CCCCc1ccc(Oc2cccc(C)c2C)cc1.O. The minimum Gasteiger partial charge on any atom is -0.457 e. The number of hydrogen-bond acceptors (Lipinski definition) is 1. The van der Waals surface area contributed by atoms with E-state index in [4.69, 9.17) is 4.74 Å². The van der Waals surface area contributed by atoms with Gasteiger partial charge in [0.2, 0.25) is 0 Å². The molecule has 2 rings (SSSR count). The Bertz CT molecular complexity index is 530. The summed E-state index contributed by atoms with van der Waals surface area (Å²) >= 11 is 0. The Morgan fingerprint density at radius 3 is 2.30 bits per heavy atom. The molecule has 0 aliphatic rings. The maximum atomic E-state index is 5.95.